The molecule has 0 saturated heterocycles. The Morgan fingerprint density at radius 1 is 1.08 bits per heavy atom. The van der Waals surface area contributed by atoms with Crippen LogP contribution in [0.2, 0.25) is 0 Å². The van der Waals surface area contributed by atoms with Crippen molar-refractivity contribution < 1.29 is 19.1 Å². The maximum absolute atomic E-state index is 11.7. The molecule has 0 unspecified atom stereocenters. The predicted octanol–water partition coefficient (Wildman–Crippen LogP) is 0.957. The predicted molar refractivity (Wildman–Crippen MR) is 86.4 cm³/mol. The second-order valence-corrected chi connectivity index (χ2v) is 4.48. The Labute approximate surface area is 137 Å². The minimum atomic E-state index is -0.931. The zero-order chi connectivity index (χ0) is 17.4. The first-order valence-electron chi connectivity index (χ1n) is 6.84. The number of anilines is 1. The third-order valence-electron chi connectivity index (χ3n) is 2.82. The maximum Gasteiger partial charge on any atom is 0.337 e. The van der Waals surface area contributed by atoms with E-state index in [2.05, 4.69) is 25.6 Å². The molecule has 2 amide bonds. The Bertz CT molecular complexity index is 757. The number of methoxy groups -OCH3 is 1. The Balaban J connectivity index is 1.88. The van der Waals surface area contributed by atoms with Crippen LogP contribution in [0.3, 0.4) is 0 Å². The van der Waals surface area contributed by atoms with Crippen molar-refractivity contribution in [2.24, 2.45) is 5.10 Å². The van der Waals surface area contributed by atoms with Crippen LogP contribution >= 0.6 is 0 Å². The quantitative estimate of drug-likeness (QED) is 0.376. The van der Waals surface area contributed by atoms with E-state index in [1.807, 2.05) is 0 Å². The number of hydrogen-bond donors (Lipinski definition) is 2. The number of esters is 1. The molecule has 8 nitrogen and oxygen atoms in total. The molecule has 1 aromatic carbocycles. The molecule has 122 valence electrons. The Hall–Kier alpha value is -3.55. The first kappa shape index (κ1) is 16.8. The number of hydrazone groups is 1. The van der Waals surface area contributed by atoms with Crippen molar-refractivity contribution in [2.75, 3.05) is 12.4 Å². The largest absolute Gasteiger partial charge is 0.465 e. The van der Waals surface area contributed by atoms with Crippen molar-refractivity contribution in [2.45, 2.75) is 0 Å². The number of hydrogen-bond acceptors (Lipinski definition) is 6. The molecule has 0 aliphatic heterocycles. The molecule has 0 spiro atoms. The van der Waals surface area contributed by atoms with Crippen LogP contribution in [0, 0.1) is 0 Å². The molecule has 24 heavy (non-hydrogen) atoms. The zero-order valence-corrected chi connectivity index (χ0v) is 12.7. The molecule has 1 heterocycles. The molecule has 0 atom stereocenters. The number of amides is 2. The van der Waals surface area contributed by atoms with Gasteiger partial charge in [-0.2, -0.15) is 5.10 Å². The molecule has 2 rings (SSSR count). The smallest absolute Gasteiger partial charge is 0.337 e. The highest BCUT2D eigenvalue weighted by molar-refractivity contribution is 6.39. The first-order chi connectivity index (χ1) is 11.6. The number of nitrogens with zero attached hydrogens (tertiary/aromatic N) is 2. The Kier molecular flexibility index (Phi) is 5.73. The lowest BCUT2D eigenvalue weighted by Crippen LogP contribution is -2.32. The van der Waals surface area contributed by atoms with E-state index in [0.717, 1.165) is 0 Å². The standard InChI is InChI=1S/C16H14N4O4/c1-24-16(23)11-5-7-12(8-6-11)19-14(21)15(22)20-18-10-13-4-2-3-9-17-13/h2-10H,1H3,(H,19,21)(H,20,22)/b18-10-. The summed E-state index contributed by atoms with van der Waals surface area (Å²) in [5, 5.41) is 6.03. The van der Waals surface area contributed by atoms with Crippen molar-refractivity contribution in [1.29, 1.82) is 0 Å². The van der Waals surface area contributed by atoms with Gasteiger partial charge in [0, 0.05) is 11.9 Å². The maximum atomic E-state index is 11.7. The number of pyridine rings is 1. The minimum absolute atomic E-state index is 0.333. The van der Waals surface area contributed by atoms with Gasteiger partial charge in [0.15, 0.2) is 0 Å². The summed E-state index contributed by atoms with van der Waals surface area (Å²) in [7, 11) is 1.27. The van der Waals surface area contributed by atoms with Gasteiger partial charge >= 0.3 is 17.8 Å². The Morgan fingerprint density at radius 2 is 1.83 bits per heavy atom. The second kappa shape index (κ2) is 8.18. The average Bonchev–Trinajstić information content (AvgIpc) is 2.62. The van der Waals surface area contributed by atoms with Gasteiger partial charge in [0.2, 0.25) is 0 Å². The normalized spacial score (nSPS) is 10.2. The number of benzene rings is 1. The lowest BCUT2D eigenvalue weighted by Gasteiger charge is -2.05. The fourth-order valence-corrected chi connectivity index (χ4v) is 1.66. The summed E-state index contributed by atoms with van der Waals surface area (Å²) >= 11 is 0. The van der Waals surface area contributed by atoms with Crippen molar-refractivity contribution in [1.82, 2.24) is 10.4 Å². The van der Waals surface area contributed by atoms with E-state index in [1.54, 1.807) is 24.4 Å². The van der Waals surface area contributed by atoms with Crippen molar-refractivity contribution in [3.8, 4) is 0 Å². The fraction of sp³-hybridized carbons (Fsp3) is 0.0625. The molecule has 0 bridgehead atoms. The van der Waals surface area contributed by atoms with Crippen molar-refractivity contribution in [3.63, 3.8) is 0 Å². The topological polar surface area (TPSA) is 110 Å². The van der Waals surface area contributed by atoms with Crippen LogP contribution < -0.4 is 10.7 Å². The molecule has 8 heteroatoms. The molecule has 2 N–H and O–H groups in total. The highest BCUT2D eigenvalue weighted by Crippen LogP contribution is 2.10. The molecular formula is C16H14N4O4. The average molecular weight is 326 g/mol. The molecule has 1 aromatic heterocycles. The van der Waals surface area contributed by atoms with E-state index < -0.39 is 17.8 Å². The van der Waals surface area contributed by atoms with E-state index >= 15 is 0 Å². The van der Waals surface area contributed by atoms with Crippen LogP contribution in [-0.2, 0) is 14.3 Å². The van der Waals surface area contributed by atoms with Gasteiger partial charge in [0.05, 0.1) is 24.6 Å². The van der Waals surface area contributed by atoms with Gasteiger partial charge in [-0.15, -0.1) is 0 Å². The van der Waals surface area contributed by atoms with Gasteiger partial charge < -0.3 is 10.1 Å². The summed E-state index contributed by atoms with van der Waals surface area (Å²) in [6, 6.07) is 11.1. The first-order valence-corrected chi connectivity index (χ1v) is 6.84. The molecule has 0 fully saturated rings. The van der Waals surface area contributed by atoms with Crippen LogP contribution in [0.25, 0.3) is 0 Å². The number of carbonyl (C=O) groups excluding carboxylic acids is 3. The lowest BCUT2D eigenvalue weighted by molar-refractivity contribution is -0.136. The third kappa shape index (κ3) is 4.73. The SMILES string of the molecule is COC(=O)c1ccc(NC(=O)C(=O)N/N=C\c2ccccn2)cc1. The number of nitrogens with one attached hydrogen (secondary N) is 2. The fourth-order valence-electron chi connectivity index (χ4n) is 1.66. The van der Waals surface area contributed by atoms with Gasteiger partial charge in [-0.1, -0.05) is 6.07 Å². The van der Waals surface area contributed by atoms with Crippen LogP contribution in [0.5, 0.6) is 0 Å². The van der Waals surface area contributed by atoms with Gasteiger partial charge in [0.1, 0.15) is 0 Å². The van der Waals surface area contributed by atoms with Gasteiger partial charge in [-0.25, -0.2) is 10.2 Å². The molecule has 2 aromatic rings. The molecule has 0 radical (unpaired) electrons. The summed E-state index contributed by atoms with van der Waals surface area (Å²) in [6.07, 6.45) is 2.89. The molecular weight excluding hydrogens is 312 g/mol. The van der Waals surface area contributed by atoms with Crippen molar-refractivity contribution >= 4 is 29.7 Å². The van der Waals surface area contributed by atoms with E-state index in [-0.39, 0.29) is 0 Å². The summed E-state index contributed by atoms with van der Waals surface area (Å²) in [4.78, 5) is 38.6. The van der Waals surface area contributed by atoms with E-state index in [4.69, 9.17) is 0 Å². The number of rotatable bonds is 4. The highest BCUT2D eigenvalue weighted by Gasteiger charge is 2.13. The van der Waals surface area contributed by atoms with Gasteiger partial charge in [0.25, 0.3) is 0 Å². The summed E-state index contributed by atoms with van der Waals surface area (Å²) in [6.45, 7) is 0. The van der Waals surface area contributed by atoms with Crippen LogP contribution in [-0.4, -0.2) is 36.1 Å². The van der Waals surface area contributed by atoms with Crippen molar-refractivity contribution in [3.05, 3.63) is 59.9 Å². The number of ether oxygens (including phenoxy) is 1. The number of carbonyl (C=O) groups is 3. The second-order valence-electron chi connectivity index (χ2n) is 4.48. The van der Waals surface area contributed by atoms with Crippen LogP contribution in [0.1, 0.15) is 16.1 Å². The summed E-state index contributed by atoms with van der Waals surface area (Å²) in [5.74, 6) is -2.31. The molecule has 0 aliphatic carbocycles. The summed E-state index contributed by atoms with van der Waals surface area (Å²) in [5.41, 5.74) is 3.32. The number of aromatic nitrogens is 1. The molecule has 0 saturated carbocycles. The minimum Gasteiger partial charge on any atom is -0.465 e. The Morgan fingerprint density at radius 3 is 2.46 bits per heavy atom. The van der Waals surface area contributed by atoms with Crippen LogP contribution in [0.4, 0.5) is 5.69 Å². The zero-order valence-electron chi connectivity index (χ0n) is 12.7. The molecule has 0 aliphatic rings. The summed E-state index contributed by atoms with van der Waals surface area (Å²) < 4.78 is 4.56. The monoisotopic (exact) mass is 326 g/mol. The van der Waals surface area contributed by atoms with Crippen LogP contribution in [0.15, 0.2) is 53.8 Å². The highest BCUT2D eigenvalue weighted by atomic mass is 16.5. The van der Waals surface area contributed by atoms with E-state index in [0.29, 0.717) is 16.9 Å². The van der Waals surface area contributed by atoms with E-state index in [1.165, 1.54) is 37.6 Å². The van der Waals surface area contributed by atoms with E-state index in [9.17, 15) is 14.4 Å². The van der Waals surface area contributed by atoms with Gasteiger partial charge in [-0.3, -0.25) is 14.6 Å². The third-order valence-corrected chi connectivity index (χ3v) is 2.82. The lowest BCUT2D eigenvalue weighted by atomic mass is 10.2. The van der Waals surface area contributed by atoms with Gasteiger partial charge in [-0.05, 0) is 36.4 Å².